The summed E-state index contributed by atoms with van der Waals surface area (Å²) in [5.41, 5.74) is 0. The lowest BCUT2D eigenvalue weighted by Gasteiger charge is -2.12. The van der Waals surface area contributed by atoms with Gasteiger partial charge in [-0.25, -0.2) is 13.8 Å². The van der Waals surface area contributed by atoms with E-state index in [1.165, 1.54) is 14.2 Å². The molecule has 0 N–H and O–H groups in total. The lowest BCUT2D eigenvalue weighted by atomic mass is 10.3. The fourth-order valence-electron chi connectivity index (χ4n) is 0.932. The largest absolute Gasteiger partial charge is 0.275 e. The van der Waals surface area contributed by atoms with Gasteiger partial charge in [-0.05, 0) is 0 Å². The summed E-state index contributed by atoms with van der Waals surface area (Å²) in [5, 5.41) is 0.967. The fourth-order valence-corrected chi connectivity index (χ4v) is 0.932. The number of amides is 1. The summed E-state index contributed by atoms with van der Waals surface area (Å²) in [5.74, 6) is -3.80. The van der Waals surface area contributed by atoms with Gasteiger partial charge in [-0.3, -0.25) is 9.63 Å². The molecule has 1 fully saturated rings. The van der Waals surface area contributed by atoms with Gasteiger partial charge < -0.3 is 0 Å². The average molecular weight is 179 g/mol. The van der Waals surface area contributed by atoms with E-state index in [0.29, 0.717) is 0 Å². The molecule has 12 heavy (non-hydrogen) atoms. The van der Waals surface area contributed by atoms with Crippen LogP contribution in [0.2, 0.25) is 0 Å². The number of halogens is 2. The number of carbonyl (C=O) groups excluding carboxylic acids is 1. The summed E-state index contributed by atoms with van der Waals surface area (Å²) in [4.78, 5) is 15.5. The average Bonchev–Trinajstić information content (AvgIpc) is 2.57. The van der Waals surface area contributed by atoms with Crippen molar-refractivity contribution in [1.29, 1.82) is 0 Å². The minimum Gasteiger partial charge on any atom is -0.275 e. The molecule has 70 valence electrons. The minimum atomic E-state index is -2.62. The molecule has 0 aromatic carbocycles. The molecular weight excluding hydrogens is 168 g/mol. The molecule has 0 bridgehead atoms. The zero-order valence-corrected chi connectivity index (χ0v) is 7.01. The first-order chi connectivity index (χ1) is 5.47. The van der Waals surface area contributed by atoms with Gasteiger partial charge >= 0.3 is 0 Å². The smallest absolute Gasteiger partial charge is 0.252 e. The van der Waals surface area contributed by atoms with E-state index in [1.807, 2.05) is 0 Å². The number of carbonyl (C=O) groups is 1. The van der Waals surface area contributed by atoms with E-state index in [1.54, 1.807) is 0 Å². The minimum absolute atomic E-state index is 0.128. The third kappa shape index (κ3) is 1.91. The maximum Gasteiger partial charge on any atom is 0.252 e. The molecule has 1 atom stereocenters. The zero-order chi connectivity index (χ0) is 9.35. The summed E-state index contributed by atoms with van der Waals surface area (Å²) < 4.78 is 24.6. The van der Waals surface area contributed by atoms with Crippen LogP contribution in [0.25, 0.3) is 0 Å². The molecule has 1 rings (SSSR count). The first-order valence-corrected chi connectivity index (χ1v) is 3.66. The number of alkyl halides is 2. The number of nitrogens with zero attached hydrogens (tertiary/aromatic N) is 1. The van der Waals surface area contributed by atoms with E-state index in [9.17, 15) is 13.6 Å². The van der Waals surface area contributed by atoms with Crippen LogP contribution in [0.4, 0.5) is 8.78 Å². The third-order valence-corrected chi connectivity index (χ3v) is 2.00. The molecule has 0 aliphatic heterocycles. The molecule has 1 unspecified atom stereocenters. The fraction of sp³-hybridized carbons (Fsp3) is 0.857. The normalized spacial score (nSPS) is 25.2. The Balaban J connectivity index is 2.29. The van der Waals surface area contributed by atoms with Crippen LogP contribution in [-0.4, -0.2) is 31.1 Å². The van der Waals surface area contributed by atoms with Crippen molar-refractivity contribution in [2.24, 2.45) is 5.92 Å². The van der Waals surface area contributed by atoms with Crippen LogP contribution < -0.4 is 0 Å². The van der Waals surface area contributed by atoms with Crippen LogP contribution in [0.15, 0.2) is 0 Å². The second-order valence-corrected chi connectivity index (χ2v) is 2.94. The molecule has 5 heteroatoms. The van der Waals surface area contributed by atoms with E-state index in [4.69, 9.17) is 0 Å². The van der Waals surface area contributed by atoms with Crippen molar-refractivity contribution in [2.75, 3.05) is 14.2 Å². The summed E-state index contributed by atoms with van der Waals surface area (Å²) in [7, 11) is 2.73. The molecule has 1 aliphatic rings. The van der Waals surface area contributed by atoms with Gasteiger partial charge in [0.05, 0.1) is 7.11 Å². The highest BCUT2D eigenvalue weighted by molar-refractivity contribution is 5.75. The molecule has 0 saturated heterocycles. The van der Waals surface area contributed by atoms with Crippen LogP contribution in [0.3, 0.4) is 0 Å². The van der Waals surface area contributed by atoms with E-state index < -0.39 is 17.7 Å². The van der Waals surface area contributed by atoms with Crippen LogP contribution in [0.5, 0.6) is 0 Å². The predicted molar refractivity (Wildman–Crippen MR) is 37.5 cm³/mol. The van der Waals surface area contributed by atoms with Crippen LogP contribution in [0.1, 0.15) is 12.8 Å². The third-order valence-electron chi connectivity index (χ3n) is 2.00. The number of rotatable bonds is 3. The molecule has 1 amide bonds. The lowest BCUT2D eigenvalue weighted by Crippen LogP contribution is -2.26. The first kappa shape index (κ1) is 9.38. The van der Waals surface area contributed by atoms with Gasteiger partial charge in [-0.15, -0.1) is 0 Å². The SMILES string of the molecule is CON(C)C(=O)CC1CC1(F)F. The second-order valence-electron chi connectivity index (χ2n) is 2.94. The van der Waals surface area contributed by atoms with Crippen molar-refractivity contribution in [1.82, 2.24) is 5.06 Å². The Labute approximate surface area is 69.2 Å². The van der Waals surface area contributed by atoms with Gasteiger partial charge in [0.25, 0.3) is 5.92 Å². The highest BCUT2D eigenvalue weighted by atomic mass is 19.3. The van der Waals surface area contributed by atoms with Gasteiger partial charge in [-0.2, -0.15) is 0 Å². The van der Waals surface area contributed by atoms with Crippen molar-refractivity contribution in [3.63, 3.8) is 0 Å². The molecule has 0 radical (unpaired) electrons. The van der Waals surface area contributed by atoms with Crippen molar-refractivity contribution in [2.45, 2.75) is 18.8 Å². The number of hydroxylamine groups is 2. The molecule has 0 spiro atoms. The highest BCUT2D eigenvalue weighted by Gasteiger charge is 2.57. The van der Waals surface area contributed by atoms with E-state index in [0.717, 1.165) is 5.06 Å². The van der Waals surface area contributed by atoms with Gasteiger partial charge in [-0.1, -0.05) is 0 Å². The molecule has 0 heterocycles. The Kier molecular flexibility index (Phi) is 2.32. The quantitative estimate of drug-likeness (QED) is 0.606. The Morgan fingerprint density at radius 2 is 2.25 bits per heavy atom. The Morgan fingerprint density at radius 1 is 1.75 bits per heavy atom. The molecule has 1 aliphatic carbocycles. The summed E-state index contributed by atoms with van der Waals surface area (Å²) in [6.07, 6.45) is -0.298. The van der Waals surface area contributed by atoms with Crippen LogP contribution in [-0.2, 0) is 9.63 Å². The molecule has 3 nitrogen and oxygen atoms in total. The van der Waals surface area contributed by atoms with Gasteiger partial charge in [0, 0.05) is 25.8 Å². The van der Waals surface area contributed by atoms with E-state index in [-0.39, 0.29) is 12.8 Å². The van der Waals surface area contributed by atoms with Crippen molar-refractivity contribution in [3.8, 4) is 0 Å². The Hall–Kier alpha value is -0.710. The standard InChI is InChI=1S/C7H11F2NO2/c1-10(12-2)6(11)3-5-4-7(5,8)9/h5H,3-4H2,1-2H3. The monoisotopic (exact) mass is 179 g/mol. The summed E-state index contributed by atoms with van der Waals surface area (Å²) >= 11 is 0. The van der Waals surface area contributed by atoms with Gasteiger partial charge in [0.1, 0.15) is 0 Å². The number of hydrogen-bond donors (Lipinski definition) is 0. The molecular formula is C7H11F2NO2. The zero-order valence-electron chi connectivity index (χ0n) is 7.01. The first-order valence-electron chi connectivity index (χ1n) is 3.66. The van der Waals surface area contributed by atoms with E-state index >= 15 is 0 Å². The molecule has 1 saturated carbocycles. The summed E-state index contributed by atoms with van der Waals surface area (Å²) in [6, 6.07) is 0. The topological polar surface area (TPSA) is 29.5 Å². The molecule has 0 aromatic heterocycles. The lowest BCUT2D eigenvalue weighted by molar-refractivity contribution is -0.169. The van der Waals surface area contributed by atoms with Crippen LogP contribution >= 0.6 is 0 Å². The predicted octanol–water partition coefficient (Wildman–Crippen LogP) is 1.05. The van der Waals surface area contributed by atoms with Crippen molar-refractivity contribution < 1.29 is 18.4 Å². The van der Waals surface area contributed by atoms with Crippen molar-refractivity contribution in [3.05, 3.63) is 0 Å². The van der Waals surface area contributed by atoms with Crippen LogP contribution in [0, 0.1) is 5.92 Å². The highest BCUT2D eigenvalue weighted by Crippen LogP contribution is 2.50. The van der Waals surface area contributed by atoms with Crippen molar-refractivity contribution >= 4 is 5.91 Å². The Bertz CT molecular complexity index is 196. The molecule has 0 aromatic rings. The summed E-state index contributed by atoms with van der Waals surface area (Å²) in [6.45, 7) is 0. The maximum absolute atomic E-state index is 12.3. The Morgan fingerprint density at radius 3 is 2.58 bits per heavy atom. The van der Waals surface area contributed by atoms with Gasteiger partial charge in [0.15, 0.2) is 0 Å². The second kappa shape index (κ2) is 2.97. The number of hydrogen-bond acceptors (Lipinski definition) is 2. The van der Waals surface area contributed by atoms with E-state index in [2.05, 4.69) is 4.84 Å². The maximum atomic E-state index is 12.3. The van der Waals surface area contributed by atoms with Gasteiger partial charge in [0.2, 0.25) is 5.91 Å².